The average Bonchev–Trinajstić information content (AvgIpc) is 3.27. The third kappa shape index (κ3) is 1.64. The first kappa shape index (κ1) is 16.8. The van der Waals surface area contributed by atoms with E-state index in [4.69, 9.17) is 4.74 Å². The van der Waals surface area contributed by atoms with E-state index in [-0.39, 0.29) is 34.6 Å². The summed E-state index contributed by atoms with van der Waals surface area (Å²) >= 11 is 0. The van der Waals surface area contributed by atoms with Crippen LogP contribution in [0.1, 0.15) is 52.4 Å². The highest BCUT2D eigenvalue weighted by Gasteiger charge is 2.76. The van der Waals surface area contributed by atoms with Crippen LogP contribution in [0.2, 0.25) is 0 Å². The molecule has 4 aliphatic carbocycles. The maximum absolute atomic E-state index is 14.3. The van der Waals surface area contributed by atoms with Crippen molar-refractivity contribution in [2.75, 3.05) is 20.2 Å². The predicted octanol–water partition coefficient (Wildman–Crippen LogP) is 3.21. The summed E-state index contributed by atoms with van der Waals surface area (Å²) in [5, 5.41) is 0. The summed E-state index contributed by atoms with van der Waals surface area (Å²) in [7, 11) is 1.51. The second-order valence-electron chi connectivity index (χ2n) is 10.6. The zero-order chi connectivity index (χ0) is 18.7. The third-order valence-corrected chi connectivity index (χ3v) is 10.1. The second-order valence-corrected chi connectivity index (χ2v) is 10.6. The predicted molar refractivity (Wildman–Crippen MR) is 101 cm³/mol. The van der Waals surface area contributed by atoms with Crippen LogP contribution >= 0.6 is 0 Å². The molecule has 0 aromatic rings. The van der Waals surface area contributed by atoms with E-state index in [1.54, 1.807) is 5.57 Å². The molecule has 4 heteroatoms. The molecule has 4 nitrogen and oxygen atoms in total. The minimum atomic E-state index is -0.388. The van der Waals surface area contributed by atoms with Crippen LogP contribution in [-0.2, 0) is 14.3 Å². The highest BCUT2D eigenvalue weighted by atomic mass is 16.5. The van der Waals surface area contributed by atoms with E-state index in [0.29, 0.717) is 23.7 Å². The van der Waals surface area contributed by atoms with Gasteiger partial charge in [-0.15, -0.1) is 0 Å². The van der Waals surface area contributed by atoms with E-state index in [9.17, 15) is 9.59 Å². The number of rotatable bonds is 1. The van der Waals surface area contributed by atoms with Crippen LogP contribution in [0.15, 0.2) is 11.1 Å². The summed E-state index contributed by atoms with van der Waals surface area (Å²) < 4.78 is 5.24. The number of allylic oxidation sites excluding steroid dienone is 2. The van der Waals surface area contributed by atoms with Crippen LogP contribution in [0.3, 0.4) is 0 Å². The van der Waals surface area contributed by atoms with E-state index in [1.165, 1.54) is 19.1 Å². The average molecular weight is 370 g/mol. The molecule has 2 heterocycles. The number of fused-ring (bicyclic) bond motifs is 1. The van der Waals surface area contributed by atoms with Gasteiger partial charge in [0, 0.05) is 30.5 Å². The van der Waals surface area contributed by atoms with Gasteiger partial charge in [-0.25, -0.2) is 0 Å². The molecule has 0 aromatic heterocycles. The van der Waals surface area contributed by atoms with Gasteiger partial charge in [0.25, 0.3) is 0 Å². The molecule has 27 heavy (non-hydrogen) atoms. The molecular formula is C23H31NO3. The van der Waals surface area contributed by atoms with Crippen molar-refractivity contribution in [1.82, 2.24) is 4.90 Å². The minimum Gasteiger partial charge on any atom is -0.469 e. The number of ether oxygens (including phenoxy) is 1. The van der Waals surface area contributed by atoms with E-state index in [1.807, 2.05) is 0 Å². The quantitative estimate of drug-likeness (QED) is 0.526. The first-order valence-corrected chi connectivity index (χ1v) is 11.0. The molecule has 0 amide bonds. The number of esters is 1. The topological polar surface area (TPSA) is 46.6 Å². The minimum absolute atomic E-state index is 0.00314. The normalized spacial score (nSPS) is 52.8. The molecule has 8 atom stereocenters. The SMILES string of the molecule is COC(=O)C1C[C@@]23C(=O)[C@@H]4CC5N(CC4C)CC(CCC4=C2[C@@H]1CC4)[C@]53C. The van der Waals surface area contributed by atoms with Crippen LogP contribution in [0.5, 0.6) is 0 Å². The maximum Gasteiger partial charge on any atom is 0.309 e. The van der Waals surface area contributed by atoms with Crippen molar-refractivity contribution in [2.24, 2.45) is 40.4 Å². The van der Waals surface area contributed by atoms with Crippen molar-refractivity contribution < 1.29 is 14.3 Å². The molecule has 4 unspecified atom stereocenters. The Hall–Kier alpha value is -1.16. The van der Waals surface area contributed by atoms with Crippen LogP contribution in [-0.4, -0.2) is 42.9 Å². The Morgan fingerprint density at radius 2 is 1.96 bits per heavy atom. The summed E-state index contributed by atoms with van der Waals surface area (Å²) in [5.74, 6) is 1.79. The molecule has 2 aliphatic heterocycles. The van der Waals surface area contributed by atoms with E-state index in [2.05, 4.69) is 18.7 Å². The third-order valence-electron chi connectivity index (χ3n) is 10.1. The summed E-state index contributed by atoms with van der Waals surface area (Å²) in [4.78, 5) is 29.7. The maximum atomic E-state index is 14.3. The summed E-state index contributed by atoms with van der Waals surface area (Å²) in [6, 6.07) is 0.519. The number of hydrogen-bond donors (Lipinski definition) is 0. The lowest BCUT2D eigenvalue weighted by molar-refractivity contribution is -0.159. The van der Waals surface area contributed by atoms with Crippen molar-refractivity contribution in [2.45, 2.75) is 58.4 Å². The summed E-state index contributed by atoms with van der Waals surface area (Å²) in [6.07, 6.45) is 6.30. The number of nitrogens with zero attached hydrogens (tertiary/aromatic N) is 1. The second kappa shape index (κ2) is 5.06. The Morgan fingerprint density at radius 1 is 1.19 bits per heavy atom. The Morgan fingerprint density at radius 3 is 2.74 bits per heavy atom. The molecule has 0 aromatic carbocycles. The number of methoxy groups -OCH3 is 1. The number of carbonyl (C=O) groups is 2. The monoisotopic (exact) mass is 369 g/mol. The Bertz CT molecular complexity index is 786. The summed E-state index contributed by atoms with van der Waals surface area (Å²) in [5.41, 5.74) is 2.61. The van der Waals surface area contributed by atoms with Gasteiger partial charge in [-0.2, -0.15) is 0 Å². The van der Waals surface area contributed by atoms with E-state index < -0.39 is 0 Å². The van der Waals surface area contributed by atoms with Gasteiger partial charge >= 0.3 is 5.97 Å². The number of hydrogen-bond acceptors (Lipinski definition) is 4. The smallest absolute Gasteiger partial charge is 0.309 e. The van der Waals surface area contributed by atoms with Gasteiger partial charge in [0.05, 0.1) is 18.4 Å². The van der Waals surface area contributed by atoms with Crippen LogP contribution < -0.4 is 0 Å². The molecule has 0 radical (unpaired) electrons. The van der Waals surface area contributed by atoms with Gasteiger partial charge in [0.1, 0.15) is 5.78 Å². The van der Waals surface area contributed by atoms with Gasteiger partial charge in [-0.1, -0.05) is 25.0 Å². The molecule has 4 fully saturated rings. The fraction of sp³-hybridized carbons (Fsp3) is 0.826. The lowest BCUT2D eigenvalue weighted by Crippen LogP contribution is -2.64. The van der Waals surface area contributed by atoms with Crippen molar-refractivity contribution in [1.29, 1.82) is 0 Å². The standard InChI is InChI=1S/C23H31NO3/c1-12-10-24-11-14-6-4-13-5-7-15-17(21(26)27-3)9-23(19(13)15)20(25)16(12)8-18(24)22(14,23)2/h12,14-18H,4-11H2,1-3H3/t12?,14?,15-,16-,17?,18?,22-,23+/m1/s1. The van der Waals surface area contributed by atoms with Gasteiger partial charge in [0.2, 0.25) is 0 Å². The largest absolute Gasteiger partial charge is 0.469 e. The molecule has 2 saturated carbocycles. The van der Waals surface area contributed by atoms with Gasteiger partial charge < -0.3 is 4.74 Å². The molecule has 6 aliphatic rings. The lowest BCUT2D eigenvalue weighted by Gasteiger charge is -2.59. The fourth-order valence-corrected chi connectivity index (χ4v) is 9.01. The van der Waals surface area contributed by atoms with Crippen LogP contribution in [0.4, 0.5) is 0 Å². The molecule has 0 N–H and O–H groups in total. The number of carbonyl (C=O) groups excluding carboxylic acids is 2. The molecule has 2 bridgehead atoms. The van der Waals surface area contributed by atoms with Gasteiger partial charge in [-0.3, -0.25) is 14.5 Å². The Labute approximate surface area is 161 Å². The number of ketones is 1. The van der Waals surface area contributed by atoms with Gasteiger partial charge in [-0.05, 0) is 56.3 Å². The fourth-order valence-electron chi connectivity index (χ4n) is 9.01. The molecular weight excluding hydrogens is 338 g/mol. The highest BCUT2D eigenvalue weighted by molar-refractivity contribution is 5.95. The zero-order valence-corrected chi connectivity index (χ0v) is 16.8. The van der Waals surface area contributed by atoms with E-state index >= 15 is 0 Å². The lowest BCUT2D eigenvalue weighted by atomic mass is 9.45. The first-order chi connectivity index (χ1) is 12.9. The number of Topliss-reactive ketones (excluding diaryl/α,β-unsaturated/α-hetero) is 1. The van der Waals surface area contributed by atoms with Crippen LogP contribution in [0, 0.1) is 40.4 Å². The Kier molecular flexibility index (Phi) is 3.14. The van der Waals surface area contributed by atoms with Crippen molar-refractivity contribution in [3.63, 3.8) is 0 Å². The van der Waals surface area contributed by atoms with Crippen molar-refractivity contribution in [3.05, 3.63) is 11.1 Å². The molecule has 6 rings (SSSR count). The molecule has 1 spiro atoms. The van der Waals surface area contributed by atoms with Crippen LogP contribution in [0.25, 0.3) is 0 Å². The molecule has 2 saturated heterocycles. The zero-order valence-electron chi connectivity index (χ0n) is 16.8. The van der Waals surface area contributed by atoms with Gasteiger partial charge in [0.15, 0.2) is 0 Å². The van der Waals surface area contributed by atoms with E-state index in [0.717, 1.165) is 45.2 Å². The van der Waals surface area contributed by atoms with Crippen molar-refractivity contribution in [3.8, 4) is 0 Å². The van der Waals surface area contributed by atoms with Crippen molar-refractivity contribution >= 4 is 11.8 Å². The highest BCUT2D eigenvalue weighted by Crippen LogP contribution is 2.74. The first-order valence-electron chi connectivity index (χ1n) is 11.0. The number of piperidine rings is 1. The Balaban J connectivity index is 1.62. The summed E-state index contributed by atoms with van der Waals surface area (Å²) in [6.45, 7) is 6.96. The molecule has 146 valence electrons.